The number of hydrogen-bond donors (Lipinski definition) is 1. The van der Waals surface area contributed by atoms with Crippen molar-refractivity contribution in [2.45, 2.75) is 0 Å². The van der Waals surface area contributed by atoms with Crippen LogP contribution >= 0.6 is 24.0 Å². The summed E-state index contributed by atoms with van der Waals surface area (Å²) in [6, 6.07) is 7.87. The largest absolute Gasteiger partial charge is 0.409 e. The highest BCUT2D eigenvalue weighted by Crippen LogP contribution is 2.18. The number of benzene rings is 1. The molecule has 0 spiro atoms. The van der Waals surface area contributed by atoms with Crippen LogP contribution in [0.1, 0.15) is 0 Å². The number of anilines is 1. The van der Waals surface area contributed by atoms with Crippen LogP contribution in [0, 0.1) is 0 Å². The molecule has 0 aliphatic carbocycles. The molecular weight excluding hydrogens is 279 g/mol. The molecule has 0 aliphatic heterocycles. The highest BCUT2D eigenvalue weighted by Gasteiger charge is 1.96. The third-order valence-electron chi connectivity index (χ3n) is 1.55. The van der Waals surface area contributed by atoms with Crippen molar-refractivity contribution in [2.24, 2.45) is 0 Å². The first kappa shape index (κ1) is 12.5. The van der Waals surface area contributed by atoms with Crippen molar-refractivity contribution in [1.29, 1.82) is 0 Å². The predicted molar refractivity (Wildman–Crippen MR) is 65.9 cm³/mol. The molecule has 1 aromatic rings. The minimum absolute atomic E-state index is 0. The normalized spacial score (nSPS) is 8.85. The number of hydroxylamine groups is 1. The molecule has 0 saturated carbocycles. The van der Waals surface area contributed by atoms with Crippen molar-refractivity contribution in [3.63, 3.8) is 0 Å². The molecule has 0 heterocycles. The van der Waals surface area contributed by atoms with E-state index in [9.17, 15) is 0 Å². The van der Waals surface area contributed by atoms with Gasteiger partial charge in [0.2, 0.25) is 0 Å². The van der Waals surface area contributed by atoms with Crippen LogP contribution in [0.25, 0.3) is 0 Å². The monoisotopic (exact) mass is 294 g/mol. The van der Waals surface area contributed by atoms with Crippen LogP contribution in [0.2, 0.25) is 0 Å². The molecule has 0 saturated heterocycles. The second-order valence-electron chi connectivity index (χ2n) is 2.70. The van der Waals surface area contributed by atoms with Crippen molar-refractivity contribution in [2.75, 3.05) is 26.0 Å². The first-order valence-corrected chi connectivity index (χ1v) is 3.85. The topological polar surface area (TPSA) is 24.5 Å². The van der Waals surface area contributed by atoms with Crippen LogP contribution in [0.5, 0.6) is 5.75 Å². The Bertz CT molecular complexity index is 253. The Morgan fingerprint density at radius 2 is 2.00 bits per heavy atom. The average molecular weight is 294 g/mol. The van der Waals surface area contributed by atoms with Gasteiger partial charge in [-0.1, -0.05) is 6.07 Å². The Morgan fingerprint density at radius 3 is 2.54 bits per heavy atom. The second-order valence-corrected chi connectivity index (χ2v) is 2.70. The van der Waals surface area contributed by atoms with Gasteiger partial charge in [0.1, 0.15) is 5.75 Å². The fourth-order valence-electron chi connectivity index (χ4n) is 0.943. The van der Waals surface area contributed by atoms with E-state index in [2.05, 4.69) is 5.48 Å². The summed E-state index contributed by atoms with van der Waals surface area (Å²) in [4.78, 5) is 7.15. The van der Waals surface area contributed by atoms with Crippen molar-refractivity contribution >= 4 is 29.7 Å². The van der Waals surface area contributed by atoms with E-state index in [1.54, 1.807) is 7.05 Å². The third kappa shape index (κ3) is 3.82. The minimum atomic E-state index is 0. The SMILES string of the molecule is CNOc1cccc(N(C)C)c1.I. The maximum Gasteiger partial charge on any atom is 0.149 e. The van der Waals surface area contributed by atoms with Gasteiger partial charge in [-0.2, -0.15) is 5.48 Å². The smallest absolute Gasteiger partial charge is 0.149 e. The quantitative estimate of drug-likeness (QED) is 0.680. The molecule has 4 heteroatoms. The zero-order valence-corrected chi connectivity index (χ0v) is 10.4. The lowest BCUT2D eigenvalue weighted by Gasteiger charge is -2.13. The molecule has 1 N–H and O–H groups in total. The molecule has 0 unspecified atom stereocenters. The lowest BCUT2D eigenvalue weighted by molar-refractivity contribution is 0.224. The summed E-state index contributed by atoms with van der Waals surface area (Å²) < 4.78 is 0. The zero-order valence-electron chi connectivity index (χ0n) is 8.07. The van der Waals surface area contributed by atoms with E-state index in [1.807, 2.05) is 43.3 Å². The van der Waals surface area contributed by atoms with Crippen molar-refractivity contribution in [3.05, 3.63) is 24.3 Å². The molecule has 0 atom stereocenters. The van der Waals surface area contributed by atoms with Gasteiger partial charge in [-0.25, -0.2) is 0 Å². The number of halogens is 1. The van der Waals surface area contributed by atoms with Crippen molar-refractivity contribution < 1.29 is 4.84 Å². The molecule has 3 nitrogen and oxygen atoms in total. The van der Waals surface area contributed by atoms with Crippen molar-refractivity contribution in [1.82, 2.24) is 5.48 Å². The van der Waals surface area contributed by atoms with Gasteiger partial charge in [0.05, 0.1) is 0 Å². The summed E-state index contributed by atoms with van der Waals surface area (Å²) in [5, 5.41) is 0. The summed E-state index contributed by atoms with van der Waals surface area (Å²) in [6.45, 7) is 0. The van der Waals surface area contributed by atoms with E-state index in [4.69, 9.17) is 4.84 Å². The third-order valence-corrected chi connectivity index (χ3v) is 1.55. The second kappa shape index (κ2) is 6.04. The van der Waals surface area contributed by atoms with E-state index >= 15 is 0 Å². The average Bonchev–Trinajstić information content (AvgIpc) is 2.05. The molecule has 13 heavy (non-hydrogen) atoms. The molecule has 74 valence electrons. The molecule has 0 amide bonds. The van der Waals surface area contributed by atoms with Gasteiger partial charge in [0.15, 0.2) is 0 Å². The number of nitrogens with one attached hydrogen (secondary N) is 1. The molecular formula is C9H15IN2O. The van der Waals surface area contributed by atoms with Gasteiger partial charge in [-0.3, -0.25) is 0 Å². The zero-order chi connectivity index (χ0) is 8.97. The molecule has 0 fully saturated rings. The lowest BCUT2D eigenvalue weighted by Crippen LogP contribution is -2.12. The van der Waals surface area contributed by atoms with E-state index in [-0.39, 0.29) is 24.0 Å². The summed E-state index contributed by atoms with van der Waals surface area (Å²) in [6.07, 6.45) is 0. The lowest BCUT2D eigenvalue weighted by atomic mass is 10.3. The molecule has 1 rings (SSSR count). The summed E-state index contributed by atoms with van der Waals surface area (Å²) >= 11 is 0. The highest BCUT2D eigenvalue weighted by molar-refractivity contribution is 14.0. The molecule has 0 radical (unpaired) electrons. The maximum atomic E-state index is 5.12. The Morgan fingerprint density at radius 1 is 1.31 bits per heavy atom. The van der Waals surface area contributed by atoms with E-state index in [0.29, 0.717) is 0 Å². The van der Waals surface area contributed by atoms with Crippen LogP contribution < -0.4 is 15.2 Å². The Kier molecular flexibility index (Phi) is 5.81. The number of nitrogens with zero attached hydrogens (tertiary/aromatic N) is 1. The summed E-state index contributed by atoms with van der Waals surface area (Å²) in [7, 11) is 5.74. The van der Waals surface area contributed by atoms with Gasteiger partial charge in [-0.05, 0) is 12.1 Å². The van der Waals surface area contributed by atoms with Gasteiger partial charge in [-0.15, -0.1) is 24.0 Å². The van der Waals surface area contributed by atoms with Crippen LogP contribution in [0.4, 0.5) is 5.69 Å². The Balaban J connectivity index is 0.00000144. The Labute approximate surface area is 96.0 Å². The standard InChI is InChI=1S/C9H14N2O.HI/c1-10-12-9-6-4-5-8(7-9)11(2)3;/h4-7,10H,1-3H3;1H. The van der Waals surface area contributed by atoms with Crippen LogP contribution in [-0.4, -0.2) is 21.1 Å². The highest BCUT2D eigenvalue weighted by atomic mass is 127. The fourth-order valence-corrected chi connectivity index (χ4v) is 0.943. The fraction of sp³-hybridized carbons (Fsp3) is 0.333. The summed E-state index contributed by atoms with van der Waals surface area (Å²) in [5.41, 5.74) is 3.76. The molecule has 0 aliphatic rings. The number of hydrogen-bond acceptors (Lipinski definition) is 3. The van der Waals surface area contributed by atoms with E-state index in [1.165, 1.54) is 0 Å². The predicted octanol–water partition coefficient (Wildman–Crippen LogP) is 1.88. The minimum Gasteiger partial charge on any atom is -0.409 e. The van der Waals surface area contributed by atoms with Gasteiger partial charge < -0.3 is 9.74 Å². The maximum absolute atomic E-state index is 5.12. The number of rotatable bonds is 3. The van der Waals surface area contributed by atoms with E-state index < -0.39 is 0 Å². The molecule has 0 bridgehead atoms. The van der Waals surface area contributed by atoms with Gasteiger partial charge >= 0.3 is 0 Å². The van der Waals surface area contributed by atoms with Gasteiger partial charge in [0.25, 0.3) is 0 Å². The first-order chi connectivity index (χ1) is 5.74. The summed E-state index contributed by atoms with van der Waals surface area (Å²) in [5.74, 6) is 0.823. The molecule has 0 aromatic heterocycles. The van der Waals surface area contributed by atoms with Crippen LogP contribution in [0.15, 0.2) is 24.3 Å². The van der Waals surface area contributed by atoms with Crippen LogP contribution in [-0.2, 0) is 0 Å². The van der Waals surface area contributed by atoms with Crippen molar-refractivity contribution in [3.8, 4) is 5.75 Å². The molecule has 1 aromatic carbocycles. The van der Waals surface area contributed by atoms with Crippen LogP contribution in [0.3, 0.4) is 0 Å². The first-order valence-electron chi connectivity index (χ1n) is 3.85. The Hall–Kier alpha value is -0.490. The van der Waals surface area contributed by atoms with E-state index in [0.717, 1.165) is 11.4 Å². The van der Waals surface area contributed by atoms with Gasteiger partial charge in [0, 0.05) is 32.9 Å².